The summed E-state index contributed by atoms with van der Waals surface area (Å²) in [5, 5.41) is 16.2. The van der Waals surface area contributed by atoms with Crippen LogP contribution in [0.3, 0.4) is 0 Å². The molecule has 0 saturated carbocycles. The van der Waals surface area contributed by atoms with Gasteiger partial charge in [-0.1, -0.05) is 29.3 Å². The van der Waals surface area contributed by atoms with Crippen LogP contribution in [0.1, 0.15) is 5.56 Å². The Morgan fingerprint density at radius 3 is 2.60 bits per heavy atom. The topological polar surface area (TPSA) is 47.9 Å². The number of rotatable bonds is 2. The minimum atomic E-state index is 0.379. The molecule has 6 heteroatoms. The summed E-state index contributed by atoms with van der Waals surface area (Å²) < 4.78 is 0. The van der Waals surface area contributed by atoms with Gasteiger partial charge >= 0.3 is 0 Å². The van der Waals surface area contributed by atoms with Crippen molar-refractivity contribution in [1.29, 1.82) is 5.26 Å². The first-order chi connectivity index (χ1) is 9.58. The summed E-state index contributed by atoms with van der Waals surface area (Å²) in [4.78, 5) is 0. The third-order valence-corrected chi connectivity index (χ3v) is 3.18. The van der Waals surface area contributed by atoms with E-state index in [0.29, 0.717) is 26.4 Å². The highest BCUT2D eigenvalue weighted by Crippen LogP contribution is 2.25. The van der Waals surface area contributed by atoms with Crippen LogP contribution in [0, 0.1) is 11.3 Å². The van der Waals surface area contributed by atoms with Gasteiger partial charge in [0.25, 0.3) is 0 Å². The summed E-state index contributed by atoms with van der Waals surface area (Å²) in [6.07, 6.45) is 0. The summed E-state index contributed by atoms with van der Waals surface area (Å²) in [7, 11) is 0. The maximum atomic E-state index is 8.84. The first kappa shape index (κ1) is 14.6. The lowest BCUT2D eigenvalue weighted by Gasteiger charge is -2.12. The van der Waals surface area contributed by atoms with Gasteiger partial charge in [0.05, 0.1) is 22.3 Å². The van der Waals surface area contributed by atoms with E-state index in [1.54, 1.807) is 36.4 Å². The lowest BCUT2D eigenvalue weighted by molar-refractivity contribution is 1.48. The second kappa shape index (κ2) is 6.58. The smallest absolute Gasteiger partial charge is 0.175 e. The molecule has 0 spiro atoms. The molecular weight excluding hydrogens is 313 g/mol. The highest BCUT2D eigenvalue weighted by molar-refractivity contribution is 7.80. The minimum Gasteiger partial charge on any atom is -0.332 e. The van der Waals surface area contributed by atoms with Crippen molar-refractivity contribution < 1.29 is 0 Å². The Morgan fingerprint density at radius 1 is 1.10 bits per heavy atom. The molecule has 0 saturated heterocycles. The molecule has 2 aromatic rings. The Balaban J connectivity index is 2.07. The standard InChI is InChI=1S/C14H9Cl2N3S/c15-10-4-5-13(12(16)7-10)19-14(20)18-11-3-1-2-9(6-11)8-17/h1-7H,(H2,18,19,20). The van der Waals surface area contributed by atoms with Crippen molar-refractivity contribution >= 4 is 51.9 Å². The highest BCUT2D eigenvalue weighted by Gasteiger charge is 2.04. The van der Waals surface area contributed by atoms with Crippen LogP contribution in [0.5, 0.6) is 0 Å². The third kappa shape index (κ3) is 3.84. The van der Waals surface area contributed by atoms with Crippen LogP contribution in [0.25, 0.3) is 0 Å². The number of nitrogens with one attached hydrogen (secondary N) is 2. The van der Waals surface area contributed by atoms with E-state index < -0.39 is 0 Å². The molecule has 100 valence electrons. The van der Waals surface area contributed by atoms with Crippen LogP contribution in [0.15, 0.2) is 42.5 Å². The van der Waals surface area contributed by atoms with E-state index in [1.807, 2.05) is 6.07 Å². The molecule has 0 aliphatic rings. The highest BCUT2D eigenvalue weighted by atomic mass is 35.5. The van der Waals surface area contributed by atoms with Crippen molar-refractivity contribution in [2.75, 3.05) is 10.6 Å². The molecule has 0 unspecified atom stereocenters. The van der Waals surface area contributed by atoms with Crippen molar-refractivity contribution in [2.45, 2.75) is 0 Å². The van der Waals surface area contributed by atoms with E-state index >= 15 is 0 Å². The molecule has 0 aliphatic carbocycles. The molecule has 2 rings (SSSR count). The molecule has 20 heavy (non-hydrogen) atoms. The van der Waals surface area contributed by atoms with Crippen molar-refractivity contribution in [3.8, 4) is 6.07 Å². The average molecular weight is 322 g/mol. The van der Waals surface area contributed by atoms with E-state index in [9.17, 15) is 0 Å². The molecule has 0 atom stereocenters. The zero-order valence-electron chi connectivity index (χ0n) is 10.2. The summed E-state index contributed by atoms with van der Waals surface area (Å²) in [5.41, 5.74) is 1.94. The fourth-order valence-electron chi connectivity index (χ4n) is 1.54. The number of anilines is 2. The predicted octanol–water partition coefficient (Wildman–Crippen LogP) is 4.67. The Morgan fingerprint density at radius 2 is 1.90 bits per heavy atom. The van der Waals surface area contributed by atoms with E-state index in [-0.39, 0.29) is 0 Å². The van der Waals surface area contributed by atoms with Gasteiger partial charge in [-0.15, -0.1) is 0 Å². The monoisotopic (exact) mass is 321 g/mol. The molecule has 0 fully saturated rings. The molecule has 0 aromatic heterocycles. The second-order valence-corrected chi connectivity index (χ2v) is 5.15. The van der Waals surface area contributed by atoms with E-state index in [4.69, 9.17) is 40.7 Å². The molecule has 0 aliphatic heterocycles. The zero-order valence-corrected chi connectivity index (χ0v) is 12.5. The van der Waals surface area contributed by atoms with Gasteiger partial charge in [0.15, 0.2) is 5.11 Å². The number of benzene rings is 2. The fourth-order valence-corrected chi connectivity index (χ4v) is 2.23. The molecule has 0 bridgehead atoms. The van der Waals surface area contributed by atoms with E-state index in [2.05, 4.69) is 16.7 Å². The second-order valence-electron chi connectivity index (χ2n) is 3.90. The molecule has 0 amide bonds. The molecule has 2 aromatic carbocycles. The van der Waals surface area contributed by atoms with Crippen molar-refractivity contribution in [3.63, 3.8) is 0 Å². The summed E-state index contributed by atoms with van der Waals surface area (Å²) >= 11 is 17.1. The van der Waals surface area contributed by atoms with Gasteiger partial charge in [0.2, 0.25) is 0 Å². The zero-order chi connectivity index (χ0) is 14.5. The number of thiocarbonyl (C=S) groups is 1. The normalized spacial score (nSPS) is 9.65. The van der Waals surface area contributed by atoms with E-state index in [0.717, 1.165) is 5.69 Å². The average Bonchev–Trinajstić information content (AvgIpc) is 2.42. The first-order valence-electron chi connectivity index (χ1n) is 5.62. The quantitative estimate of drug-likeness (QED) is 0.789. The van der Waals surface area contributed by atoms with Gasteiger partial charge in [-0.05, 0) is 48.6 Å². The number of nitriles is 1. The summed E-state index contributed by atoms with van der Waals surface area (Å²) in [6.45, 7) is 0. The fraction of sp³-hybridized carbons (Fsp3) is 0. The number of nitrogens with zero attached hydrogens (tertiary/aromatic N) is 1. The Labute approximate surface area is 132 Å². The summed E-state index contributed by atoms with van der Waals surface area (Å²) in [6, 6.07) is 14.2. The molecule has 2 N–H and O–H groups in total. The number of hydrogen-bond acceptors (Lipinski definition) is 2. The molecule has 0 heterocycles. The van der Waals surface area contributed by atoms with Crippen LogP contribution in [-0.4, -0.2) is 5.11 Å². The maximum Gasteiger partial charge on any atom is 0.175 e. The summed E-state index contributed by atoms with van der Waals surface area (Å²) in [5.74, 6) is 0. The van der Waals surface area contributed by atoms with Gasteiger partial charge in [0, 0.05) is 10.7 Å². The van der Waals surface area contributed by atoms with Crippen molar-refractivity contribution in [1.82, 2.24) is 0 Å². The Kier molecular flexibility index (Phi) is 4.80. The van der Waals surface area contributed by atoms with Crippen molar-refractivity contribution in [3.05, 3.63) is 58.1 Å². The molecule has 3 nitrogen and oxygen atoms in total. The lowest BCUT2D eigenvalue weighted by Crippen LogP contribution is -2.19. The van der Waals surface area contributed by atoms with Crippen LogP contribution in [-0.2, 0) is 0 Å². The Bertz CT molecular complexity index is 695. The third-order valence-electron chi connectivity index (χ3n) is 2.43. The SMILES string of the molecule is N#Cc1cccc(NC(=S)Nc2ccc(Cl)cc2Cl)c1. The van der Waals surface area contributed by atoms with Crippen molar-refractivity contribution in [2.24, 2.45) is 0 Å². The van der Waals surface area contributed by atoms with Gasteiger partial charge in [-0.2, -0.15) is 5.26 Å². The van der Waals surface area contributed by atoms with Gasteiger partial charge in [-0.25, -0.2) is 0 Å². The van der Waals surface area contributed by atoms with Gasteiger partial charge in [0.1, 0.15) is 0 Å². The van der Waals surface area contributed by atoms with Crippen LogP contribution >= 0.6 is 35.4 Å². The first-order valence-corrected chi connectivity index (χ1v) is 6.78. The van der Waals surface area contributed by atoms with E-state index in [1.165, 1.54) is 0 Å². The molecule has 0 radical (unpaired) electrons. The van der Waals surface area contributed by atoms with Gasteiger partial charge < -0.3 is 10.6 Å². The minimum absolute atomic E-state index is 0.379. The maximum absolute atomic E-state index is 8.84. The molecular formula is C14H9Cl2N3S. The van der Waals surface area contributed by atoms with Crippen LogP contribution in [0.2, 0.25) is 10.0 Å². The number of halogens is 2. The van der Waals surface area contributed by atoms with Crippen LogP contribution < -0.4 is 10.6 Å². The number of hydrogen-bond donors (Lipinski definition) is 2. The predicted molar refractivity (Wildman–Crippen MR) is 87.5 cm³/mol. The Hall–Kier alpha value is -1.80. The largest absolute Gasteiger partial charge is 0.332 e. The van der Waals surface area contributed by atoms with Gasteiger partial charge in [-0.3, -0.25) is 0 Å². The van der Waals surface area contributed by atoms with Crippen LogP contribution in [0.4, 0.5) is 11.4 Å². The lowest BCUT2D eigenvalue weighted by atomic mass is 10.2.